The molecule has 14 heteroatoms. The summed E-state index contributed by atoms with van der Waals surface area (Å²) < 4.78 is 146. The molecule has 1 aliphatic rings. The number of halogens is 10. The molecule has 0 radical (unpaired) electrons. The lowest BCUT2D eigenvalue weighted by Gasteiger charge is -2.37. The van der Waals surface area contributed by atoms with Crippen LogP contribution in [0.15, 0.2) is 103 Å². The van der Waals surface area contributed by atoms with E-state index in [0.717, 1.165) is 44.2 Å². The predicted octanol–water partition coefficient (Wildman–Crippen LogP) is 10.6. The first-order valence-electron chi connectivity index (χ1n) is 15.7. The fourth-order valence-corrected chi connectivity index (χ4v) is 5.67. The number of ether oxygens (including phenoxy) is 2. The van der Waals surface area contributed by atoms with Gasteiger partial charge in [-0.1, -0.05) is 62.2 Å². The Kier molecular flexibility index (Phi) is 12.6. The van der Waals surface area contributed by atoms with E-state index in [0.29, 0.717) is 17.7 Å². The van der Waals surface area contributed by atoms with Crippen LogP contribution in [0.2, 0.25) is 0 Å². The van der Waals surface area contributed by atoms with Crippen molar-refractivity contribution in [1.29, 1.82) is 0 Å². The number of rotatable bonds is 14. The minimum atomic E-state index is -5.17. The topological polar surface area (TPSA) is 47.6 Å². The van der Waals surface area contributed by atoms with Crippen molar-refractivity contribution in [3.63, 3.8) is 0 Å². The van der Waals surface area contributed by atoms with Gasteiger partial charge in [-0.2, -0.15) is 30.7 Å². The predicted molar refractivity (Wildman–Crippen MR) is 169 cm³/mol. The number of allylic oxidation sites excluding steroid dienone is 2. The number of carbonyl (C=O) groups excluding carboxylic acids is 1. The van der Waals surface area contributed by atoms with Crippen LogP contribution in [0.3, 0.4) is 0 Å². The third kappa shape index (κ3) is 10.2. The van der Waals surface area contributed by atoms with Crippen LogP contribution in [-0.2, 0) is 22.9 Å². The average Bonchev–Trinajstić information content (AvgIpc) is 3.08. The number of hydrogen-bond donors (Lipinski definition) is 1. The van der Waals surface area contributed by atoms with Gasteiger partial charge >= 0.3 is 18.7 Å². The minimum Gasteiger partial charge on any atom is -0.490 e. The molecule has 0 aliphatic heterocycles. The normalized spacial score (nSPS) is 15.9. The van der Waals surface area contributed by atoms with Crippen LogP contribution in [0.1, 0.15) is 59.2 Å². The van der Waals surface area contributed by atoms with E-state index in [1.807, 2.05) is 0 Å². The van der Waals surface area contributed by atoms with Gasteiger partial charge < -0.3 is 14.8 Å². The van der Waals surface area contributed by atoms with Crippen molar-refractivity contribution in [1.82, 2.24) is 5.32 Å². The zero-order valence-corrected chi connectivity index (χ0v) is 26.9. The van der Waals surface area contributed by atoms with E-state index in [1.165, 1.54) is 12.1 Å². The van der Waals surface area contributed by atoms with Gasteiger partial charge in [0.2, 0.25) is 0 Å². The molecular weight excluding hydrogens is 696 g/mol. The lowest BCUT2D eigenvalue weighted by molar-refractivity contribution is -0.274. The van der Waals surface area contributed by atoms with Crippen molar-refractivity contribution < 1.29 is 58.2 Å². The van der Waals surface area contributed by atoms with Crippen LogP contribution < -0.4 is 10.1 Å². The molecule has 0 heterocycles. The van der Waals surface area contributed by atoms with Crippen LogP contribution in [0.5, 0.6) is 5.75 Å². The lowest BCUT2D eigenvalue weighted by atomic mass is 9.77. The zero-order valence-electron chi connectivity index (χ0n) is 26.9. The second-order valence-corrected chi connectivity index (χ2v) is 12.0. The summed E-state index contributed by atoms with van der Waals surface area (Å²) in [4.78, 5) is 13.8. The van der Waals surface area contributed by atoms with Gasteiger partial charge in [0.05, 0.1) is 24.0 Å². The molecule has 51 heavy (non-hydrogen) atoms. The monoisotopic (exact) mass is 729 g/mol. The fraction of sp³-hybridized carbons (Fsp3) is 0.324. The molecular formula is C37H33F10NO3. The van der Waals surface area contributed by atoms with Crippen LogP contribution in [0.25, 0.3) is 0 Å². The Bertz CT molecular complexity index is 1730. The van der Waals surface area contributed by atoms with Crippen molar-refractivity contribution in [3.05, 3.63) is 137 Å². The molecule has 4 nitrogen and oxygen atoms in total. The van der Waals surface area contributed by atoms with E-state index in [1.54, 1.807) is 30.3 Å². The lowest BCUT2D eigenvalue weighted by Crippen LogP contribution is -2.48. The Morgan fingerprint density at radius 3 is 2.24 bits per heavy atom. The summed E-state index contributed by atoms with van der Waals surface area (Å²) in [7, 11) is 0. The third-order valence-electron chi connectivity index (χ3n) is 8.36. The summed E-state index contributed by atoms with van der Waals surface area (Å²) >= 11 is 0. The summed E-state index contributed by atoms with van der Waals surface area (Å²) in [6, 6.07) is 13.0. The van der Waals surface area contributed by atoms with E-state index in [4.69, 9.17) is 4.74 Å². The van der Waals surface area contributed by atoms with Gasteiger partial charge in [-0.25, -0.2) is 13.2 Å². The van der Waals surface area contributed by atoms with E-state index in [2.05, 4.69) is 16.6 Å². The highest BCUT2D eigenvalue weighted by Gasteiger charge is 2.43. The molecule has 1 atom stereocenters. The second kappa shape index (κ2) is 16.5. The van der Waals surface area contributed by atoms with E-state index in [-0.39, 0.29) is 54.2 Å². The molecule has 1 fully saturated rings. The van der Waals surface area contributed by atoms with Gasteiger partial charge in [0.1, 0.15) is 11.6 Å². The SMILES string of the molecule is C=C(C=C(F)C=COC(F)(F)C(F)F)[C@](Cc1ccccc1)(NC(=O)c1ccc(F)c(C(F)(F)F)c1)c1ccc(F)c(OCC2CCCCC2)c1. The summed E-state index contributed by atoms with van der Waals surface area (Å²) in [5, 5.41) is 2.57. The van der Waals surface area contributed by atoms with Crippen molar-refractivity contribution in [3.8, 4) is 5.75 Å². The maximum Gasteiger partial charge on any atom is 0.460 e. The van der Waals surface area contributed by atoms with E-state index >= 15 is 8.78 Å². The Morgan fingerprint density at radius 1 is 0.922 bits per heavy atom. The summed E-state index contributed by atoms with van der Waals surface area (Å²) in [5.41, 5.74) is -4.33. The summed E-state index contributed by atoms with van der Waals surface area (Å²) in [6.07, 6.45) is -9.03. The smallest absolute Gasteiger partial charge is 0.460 e. The molecule has 4 rings (SSSR count). The first-order valence-corrected chi connectivity index (χ1v) is 15.7. The van der Waals surface area contributed by atoms with Gasteiger partial charge in [0.25, 0.3) is 5.91 Å². The maximum atomic E-state index is 15.2. The minimum absolute atomic E-state index is 0.0106. The van der Waals surface area contributed by atoms with Crippen LogP contribution in [0.4, 0.5) is 43.9 Å². The van der Waals surface area contributed by atoms with Crippen molar-refractivity contribution >= 4 is 5.91 Å². The molecule has 1 aliphatic carbocycles. The average molecular weight is 730 g/mol. The molecule has 0 spiro atoms. The van der Waals surface area contributed by atoms with E-state index < -0.39 is 58.7 Å². The Balaban J connectivity index is 1.85. The molecule has 0 saturated heterocycles. The number of alkyl halides is 7. The molecule has 1 N–H and O–H groups in total. The number of amides is 1. The number of carbonyl (C=O) groups is 1. The number of benzene rings is 3. The van der Waals surface area contributed by atoms with Gasteiger partial charge in [0.15, 0.2) is 11.6 Å². The number of nitrogens with one attached hydrogen (secondary N) is 1. The highest BCUT2D eigenvalue weighted by molar-refractivity contribution is 5.95. The molecule has 0 unspecified atom stereocenters. The quantitative estimate of drug-likeness (QED) is 0.102. The first-order chi connectivity index (χ1) is 24.0. The fourth-order valence-electron chi connectivity index (χ4n) is 5.67. The van der Waals surface area contributed by atoms with Crippen LogP contribution >= 0.6 is 0 Å². The molecule has 0 aromatic heterocycles. The third-order valence-corrected chi connectivity index (χ3v) is 8.36. The van der Waals surface area contributed by atoms with Crippen LogP contribution in [-0.4, -0.2) is 25.0 Å². The van der Waals surface area contributed by atoms with Gasteiger partial charge in [0, 0.05) is 18.1 Å². The largest absolute Gasteiger partial charge is 0.490 e. The summed E-state index contributed by atoms with van der Waals surface area (Å²) in [5.74, 6) is -5.16. The molecule has 1 amide bonds. The maximum absolute atomic E-state index is 15.2. The second-order valence-electron chi connectivity index (χ2n) is 12.0. The van der Waals surface area contributed by atoms with Crippen molar-refractivity contribution in [2.45, 2.75) is 62.8 Å². The van der Waals surface area contributed by atoms with Gasteiger partial charge in [-0.05, 0) is 71.9 Å². The standard InChI is InChI=1S/C37H33F10NO3/c1-23(18-28(38)16-17-51-37(46,47)34(41)42)35(21-24-8-4-2-5-9-24,48-33(49)26-12-14-30(39)29(19-26)36(43,44)45)27-13-15-31(40)32(20-27)50-22-25-10-6-3-7-11-25/h2,4-5,8-9,12-20,25,34H,1,3,6-7,10-11,21-22H2,(H,48,49)/t35-/m0/s1. The zero-order chi connectivity index (χ0) is 37.4. The van der Waals surface area contributed by atoms with Crippen LogP contribution in [0, 0.1) is 17.6 Å². The highest BCUT2D eigenvalue weighted by atomic mass is 19.4. The molecule has 3 aromatic carbocycles. The summed E-state index contributed by atoms with van der Waals surface area (Å²) in [6.45, 7) is 4.02. The van der Waals surface area contributed by atoms with E-state index in [9.17, 15) is 39.9 Å². The Labute approximate surface area is 287 Å². The van der Waals surface area contributed by atoms with Gasteiger partial charge in [-0.15, -0.1) is 0 Å². The van der Waals surface area contributed by atoms with Crippen molar-refractivity contribution in [2.75, 3.05) is 6.61 Å². The molecule has 1 saturated carbocycles. The first kappa shape index (κ1) is 39.0. The molecule has 0 bridgehead atoms. The Hall–Kier alpha value is -4.75. The van der Waals surface area contributed by atoms with Crippen molar-refractivity contribution in [2.24, 2.45) is 5.92 Å². The molecule has 274 valence electrons. The van der Waals surface area contributed by atoms with Gasteiger partial charge in [-0.3, -0.25) is 4.79 Å². The Morgan fingerprint density at radius 2 is 1.59 bits per heavy atom. The highest BCUT2D eigenvalue weighted by Crippen LogP contribution is 2.39. The molecule has 3 aromatic rings. The number of hydrogen-bond acceptors (Lipinski definition) is 3.